The van der Waals surface area contributed by atoms with E-state index in [0.717, 1.165) is 44.1 Å². The van der Waals surface area contributed by atoms with Gasteiger partial charge in [0.05, 0.1) is 27.9 Å². The van der Waals surface area contributed by atoms with Gasteiger partial charge in [-0.3, -0.25) is 0 Å². The van der Waals surface area contributed by atoms with Gasteiger partial charge in [-0.1, -0.05) is 60.7 Å². The molecule has 4 nitrogen and oxygen atoms in total. The minimum absolute atomic E-state index is 0.737. The Morgan fingerprint density at radius 3 is 2.03 bits per heavy atom. The number of hydrogen-bond donors (Lipinski definition) is 1. The van der Waals surface area contributed by atoms with Crippen molar-refractivity contribution in [3.63, 3.8) is 0 Å². The van der Waals surface area contributed by atoms with E-state index in [1.165, 1.54) is 10.8 Å². The van der Waals surface area contributed by atoms with E-state index in [1.807, 2.05) is 26.0 Å². The second kappa shape index (κ2) is 7.74. The summed E-state index contributed by atoms with van der Waals surface area (Å²) < 4.78 is 14.7. The number of furan rings is 1. The third-order valence-corrected chi connectivity index (χ3v) is 7.29. The lowest BCUT2D eigenvalue weighted by Gasteiger charge is -2.37. The molecule has 0 amide bonds. The van der Waals surface area contributed by atoms with Gasteiger partial charge in [-0.25, -0.2) is 0 Å². The second-order valence-electron chi connectivity index (χ2n) is 10.2. The lowest BCUT2D eigenvalue weighted by atomic mass is 9.82. The smallest absolute Gasteiger partial charge is 0.331 e. The SMILES string of the molecule is CC(C)(O)C(C)(C)O[B]c1ccc2c(c1)oc1c(-n3c4ccccc4c4ccccc43)cccc12. The van der Waals surface area contributed by atoms with E-state index in [4.69, 9.17) is 9.07 Å². The molecule has 6 rings (SSSR count). The zero-order valence-corrected chi connectivity index (χ0v) is 20.4. The predicted octanol–water partition coefficient (Wildman–Crippen LogP) is 6.49. The Kier molecular flexibility index (Phi) is 4.86. The van der Waals surface area contributed by atoms with Gasteiger partial charge in [-0.05, 0) is 57.4 Å². The van der Waals surface area contributed by atoms with Crippen molar-refractivity contribution in [1.29, 1.82) is 0 Å². The Bertz CT molecular complexity index is 1670. The zero-order chi connectivity index (χ0) is 24.4. The summed E-state index contributed by atoms with van der Waals surface area (Å²) in [5.41, 5.74) is 4.13. The first-order valence-corrected chi connectivity index (χ1v) is 11.9. The maximum absolute atomic E-state index is 10.4. The minimum atomic E-state index is -0.982. The van der Waals surface area contributed by atoms with Crippen LogP contribution in [0.25, 0.3) is 49.4 Å². The van der Waals surface area contributed by atoms with Crippen LogP contribution < -0.4 is 5.46 Å². The molecule has 173 valence electrons. The number of nitrogens with zero attached hydrogens (tertiary/aromatic N) is 1. The first-order valence-electron chi connectivity index (χ1n) is 11.9. The highest BCUT2D eigenvalue weighted by Gasteiger charge is 2.35. The predicted molar refractivity (Wildman–Crippen MR) is 145 cm³/mol. The highest BCUT2D eigenvalue weighted by Crippen LogP contribution is 2.37. The quantitative estimate of drug-likeness (QED) is 0.299. The van der Waals surface area contributed by atoms with E-state index in [1.54, 1.807) is 21.3 Å². The first kappa shape index (κ1) is 22.0. The molecule has 0 saturated heterocycles. The molecule has 0 aliphatic carbocycles. The second-order valence-corrected chi connectivity index (χ2v) is 10.2. The van der Waals surface area contributed by atoms with Crippen LogP contribution in [-0.2, 0) is 4.65 Å². The summed E-state index contributed by atoms with van der Waals surface area (Å²) in [4.78, 5) is 0. The summed E-state index contributed by atoms with van der Waals surface area (Å²) in [5.74, 6) is 0. The Morgan fingerprint density at radius 1 is 0.743 bits per heavy atom. The van der Waals surface area contributed by atoms with Crippen LogP contribution in [0.5, 0.6) is 0 Å². The molecule has 0 aliphatic heterocycles. The molecule has 2 heterocycles. The van der Waals surface area contributed by atoms with E-state index < -0.39 is 11.2 Å². The highest BCUT2D eigenvalue weighted by atomic mass is 16.5. The molecule has 5 heteroatoms. The van der Waals surface area contributed by atoms with E-state index in [0.29, 0.717) is 0 Å². The van der Waals surface area contributed by atoms with Crippen LogP contribution in [0.2, 0.25) is 0 Å². The van der Waals surface area contributed by atoms with Crippen molar-refractivity contribution in [3.05, 3.63) is 84.9 Å². The third kappa shape index (κ3) is 3.46. The minimum Gasteiger partial charge on any atom is -0.454 e. The summed E-state index contributed by atoms with van der Waals surface area (Å²) in [6.45, 7) is 7.25. The molecule has 0 aliphatic rings. The van der Waals surface area contributed by atoms with Crippen LogP contribution in [0, 0.1) is 0 Å². The molecule has 0 fully saturated rings. The third-order valence-electron chi connectivity index (χ3n) is 7.29. The van der Waals surface area contributed by atoms with Crippen molar-refractivity contribution in [2.24, 2.45) is 0 Å². The molecule has 1 N–H and O–H groups in total. The fraction of sp³-hybridized carbons (Fsp3) is 0.200. The Hall–Kier alpha value is -3.54. The molecule has 35 heavy (non-hydrogen) atoms. The van der Waals surface area contributed by atoms with Crippen molar-refractivity contribution in [3.8, 4) is 5.69 Å². The average Bonchev–Trinajstić information content (AvgIpc) is 3.37. The molecular weight excluding hydrogens is 433 g/mol. The van der Waals surface area contributed by atoms with Crippen molar-refractivity contribution in [1.82, 2.24) is 4.57 Å². The molecule has 0 bridgehead atoms. The standard InChI is InChI=1S/C30H27BNO3/c1-29(2,33)30(3,4)35-31-19-16-17-22-23-12-9-15-26(28(23)34-27(22)18-19)32-24-13-7-5-10-20(24)21-11-6-8-14-25(21)32/h5-18,33H,1-4H3. The molecule has 0 atom stereocenters. The van der Waals surface area contributed by atoms with E-state index in [9.17, 15) is 5.11 Å². The van der Waals surface area contributed by atoms with Gasteiger partial charge in [0.2, 0.25) is 0 Å². The molecule has 1 radical (unpaired) electrons. The number of para-hydroxylation sites is 3. The summed E-state index contributed by atoms with van der Waals surface area (Å²) in [7, 11) is 1.69. The van der Waals surface area contributed by atoms with Crippen molar-refractivity contribution >= 4 is 56.7 Å². The van der Waals surface area contributed by atoms with E-state index in [2.05, 4.69) is 77.4 Å². The van der Waals surface area contributed by atoms with Crippen LogP contribution in [0.4, 0.5) is 0 Å². The topological polar surface area (TPSA) is 47.5 Å². The number of aliphatic hydroxyl groups is 1. The molecular formula is C30H27BNO3. The molecule has 6 aromatic rings. The highest BCUT2D eigenvalue weighted by molar-refractivity contribution is 6.47. The van der Waals surface area contributed by atoms with Gasteiger partial charge in [0.25, 0.3) is 0 Å². The largest absolute Gasteiger partial charge is 0.454 e. The van der Waals surface area contributed by atoms with E-state index in [-0.39, 0.29) is 0 Å². The van der Waals surface area contributed by atoms with Crippen LogP contribution in [0.15, 0.2) is 89.3 Å². The van der Waals surface area contributed by atoms with Crippen LogP contribution in [-0.4, -0.2) is 28.4 Å². The number of aromatic nitrogens is 1. The Labute approximate surface area is 205 Å². The Balaban J connectivity index is 1.50. The van der Waals surface area contributed by atoms with Crippen molar-refractivity contribution < 1.29 is 14.2 Å². The summed E-state index contributed by atoms with van der Waals surface area (Å²) in [6.07, 6.45) is 0. The number of rotatable bonds is 5. The van der Waals surface area contributed by atoms with Gasteiger partial charge in [0, 0.05) is 21.5 Å². The summed E-state index contributed by atoms with van der Waals surface area (Å²) in [6, 6.07) is 29.4. The van der Waals surface area contributed by atoms with E-state index >= 15 is 0 Å². The number of hydrogen-bond acceptors (Lipinski definition) is 3. The van der Waals surface area contributed by atoms with Gasteiger partial charge in [-0.15, -0.1) is 0 Å². The summed E-state index contributed by atoms with van der Waals surface area (Å²) >= 11 is 0. The van der Waals surface area contributed by atoms with Gasteiger partial charge in [0.15, 0.2) is 5.58 Å². The molecule has 0 saturated carbocycles. The maximum Gasteiger partial charge on any atom is 0.331 e. The fourth-order valence-corrected chi connectivity index (χ4v) is 4.59. The average molecular weight is 460 g/mol. The number of fused-ring (bicyclic) bond motifs is 6. The van der Waals surface area contributed by atoms with Gasteiger partial charge < -0.3 is 18.7 Å². The van der Waals surface area contributed by atoms with Crippen molar-refractivity contribution in [2.45, 2.75) is 38.9 Å². The normalized spacial score (nSPS) is 12.8. The molecule has 2 aromatic heterocycles. The Morgan fingerprint density at radius 2 is 1.37 bits per heavy atom. The lowest BCUT2D eigenvalue weighted by molar-refractivity contribution is -0.0893. The van der Waals surface area contributed by atoms with Gasteiger partial charge >= 0.3 is 7.48 Å². The maximum atomic E-state index is 10.4. The van der Waals surface area contributed by atoms with Gasteiger partial charge in [-0.2, -0.15) is 0 Å². The van der Waals surface area contributed by atoms with Gasteiger partial charge in [0.1, 0.15) is 5.58 Å². The molecule has 0 unspecified atom stereocenters. The lowest BCUT2D eigenvalue weighted by Crippen LogP contribution is -2.49. The van der Waals surface area contributed by atoms with Crippen LogP contribution in [0.1, 0.15) is 27.7 Å². The molecule has 0 spiro atoms. The number of benzene rings is 4. The van der Waals surface area contributed by atoms with Crippen LogP contribution >= 0.6 is 0 Å². The molecule has 4 aromatic carbocycles. The summed E-state index contributed by atoms with van der Waals surface area (Å²) in [5, 5.41) is 15.0. The fourth-order valence-electron chi connectivity index (χ4n) is 4.59. The monoisotopic (exact) mass is 460 g/mol. The zero-order valence-electron chi connectivity index (χ0n) is 20.4. The van der Waals surface area contributed by atoms with Crippen molar-refractivity contribution in [2.75, 3.05) is 0 Å². The first-order chi connectivity index (χ1) is 16.7. The van der Waals surface area contributed by atoms with Crippen LogP contribution in [0.3, 0.4) is 0 Å².